The quantitative estimate of drug-likeness (QED) is 0.526. The Hall–Kier alpha value is -2.93. The Morgan fingerprint density at radius 3 is 2.64 bits per heavy atom. The van der Waals surface area contributed by atoms with Crippen LogP contribution < -0.4 is 4.90 Å². The zero-order chi connectivity index (χ0) is 19.9. The molecular formula is C21H22N2O4S. The topological polar surface area (TPSA) is 72.6 Å². The predicted octanol–water partition coefficient (Wildman–Crippen LogP) is 4.39. The second-order valence-corrected chi connectivity index (χ2v) is 7.15. The van der Waals surface area contributed by atoms with E-state index in [9.17, 15) is 9.59 Å². The van der Waals surface area contributed by atoms with Gasteiger partial charge < -0.3 is 9.15 Å². The number of furan rings is 1. The first kappa shape index (κ1) is 19.8. The van der Waals surface area contributed by atoms with Crippen molar-refractivity contribution in [1.82, 2.24) is 4.98 Å². The van der Waals surface area contributed by atoms with E-state index >= 15 is 0 Å². The van der Waals surface area contributed by atoms with Gasteiger partial charge in [0.1, 0.15) is 10.6 Å². The summed E-state index contributed by atoms with van der Waals surface area (Å²) >= 11 is 1.18. The Kier molecular flexibility index (Phi) is 6.60. The normalized spacial score (nSPS) is 10.6. The molecule has 0 aliphatic carbocycles. The van der Waals surface area contributed by atoms with Gasteiger partial charge in [-0.15, -0.1) is 0 Å². The van der Waals surface area contributed by atoms with Crippen LogP contribution in [0, 0.1) is 6.92 Å². The lowest BCUT2D eigenvalue weighted by Crippen LogP contribution is -2.30. The number of carbonyl (C=O) groups excluding carboxylic acids is 2. The highest BCUT2D eigenvalue weighted by atomic mass is 32.1. The molecule has 0 N–H and O–H groups in total. The van der Waals surface area contributed by atoms with Crippen LogP contribution in [0.15, 0.2) is 53.1 Å². The summed E-state index contributed by atoms with van der Waals surface area (Å²) in [6, 6.07) is 13.4. The molecule has 7 heteroatoms. The van der Waals surface area contributed by atoms with Gasteiger partial charge in [-0.3, -0.25) is 9.69 Å². The van der Waals surface area contributed by atoms with Crippen molar-refractivity contribution in [1.29, 1.82) is 0 Å². The van der Waals surface area contributed by atoms with E-state index in [4.69, 9.17) is 9.15 Å². The number of aryl methyl sites for hydroxylation is 2. The maximum absolute atomic E-state index is 13.0. The molecule has 6 nitrogen and oxygen atoms in total. The third kappa shape index (κ3) is 4.86. The zero-order valence-electron chi connectivity index (χ0n) is 15.9. The molecule has 0 saturated heterocycles. The van der Waals surface area contributed by atoms with Gasteiger partial charge in [0.2, 0.25) is 5.91 Å². The minimum Gasteiger partial charge on any atom is -0.469 e. The average molecular weight is 398 g/mol. The number of anilines is 1. The van der Waals surface area contributed by atoms with E-state index in [1.54, 1.807) is 31.1 Å². The van der Waals surface area contributed by atoms with Gasteiger partial charge in [0.25, 0.3) is 0 Å². The number of rotatable bonds is 8. The summed E-state index contributed by atoms with van der Waals surface area (Å²) in [6.07, 6.45) is 2.39. The summed E-state index contributed by atoms with van der Waals surface area (Å²) in [5.41, 5.74) is 1.55. The fourth-order valence-corrected chi connectivity index (χ4v) is 3.71. The number of nitrogens with zero attached hydrogens (tertiary/aromatic N) is 2. The molecule has 0 bridgehead atoms. The highest BCUT2D eigenvalue weighted by Crippen LogP contribution is 2.29. The smallest absolute Gasteiger partial charge is 0.350 e. The number of benzene rings is 1. The first-order chi connectivity index (χ1) is 13.6. The van der Waals surface area contributed by atoms with E-state index in [1.807, 2.05) is 36.4 Å². The SMILES string of the molecule is CCOC(=O)c1sc(N(Cc2ccccc2)C(=O)CCc2ccco2)nc1C. The van der Waals surface area contributed by atoms with Crippen molar-refractivity contribution in [3.8, 4) is 0 Å². The Bertz CT molecular complexity index is 919. The molecule has 0 radical (unpaired) electrons. The van der Waals surface area contributed by atoms with Crippen molar-refractivity contribution in [3.63, 3.8) is 0 Å². The predicted molar refractivity (Wildman–Crippen MR) is 107 cm³/mol. The molecule has 3 rings (SSSR count). The molecule has 146 valence electrons. The number of ether oxygens (including phenoxy) is 1. The number of hydrogen-bond acceptors (Lipinski definition) is 6. The minimum absolute atomic E-state index is 0.0792. The number of hydrogen-bond donors (Lipinski definition) is 0. The molecular weight excluding hydrogens is 376 g/mol. The van der Waals surface area contributed by atoms with E-state index in [-0.39, 0.29) is 12.3 Å². The van der Waals surface area contributed by atoms with Gasteiger partial charge in [-0.1, -0.05) is 41.7 Å². The molecule has 0 aliphatic heterocycles. The molecule has 0 atom stereocenters. The number of amides is 1. The van der Waals surface area contributed by atoms with Crippen LogP contribution in [0.25, 0.3) is 0 Å². The molecule has 0 spiro atoms. The van der Waals surface area contributed by atoms with Gasteiger partial charge in [-0.05, 0) is 31.5 Å². The van der Waals surface area contributed by atoms with Gasteiger partial charge in [-0.25, -0.2) is 9.78 Å². The van der Waals surface area contributed by atoms with Crippen LogP contribution in [0.3, 0.4) is 0 Å². The second kappa shape index (κ2) is 9.32. The maximum Gasteiger partial charge on any atom is 0.350 e. The van der Waals surface area contributed by atoms with Gasteiger partial charge in [0, 0.05) is 12.8 Å². The third-order valence-electron chi connectivity index (χ3n) is 4.13. The van der Waals surface area contributed by atoms with Crippen LogP contribution in [0.1, 0.15) is 40.0 Å². The van der Waals surface area contributed by atoms with Crippen LogP contribution in [0.2, 0.25) is 0 Å². The first-order valence-corrected chi connectivity index (χ1v) is 9.91. The Morgan fingerprint density at radius 2 is 1.96 bits per heavy atom. The van der Waals surface area contributed by atoms with E-state index in [2.05, 4.69) is 4.98 Å². The summed E-state index contributed by atoms with van der Waals surface area (Å²) in [6.45, 7) is 4.18. The molecule has 0 unspecified atom stereocenters. The van der Waals surface area contributed by atoms with E-state index in [0.717, 1.165) is 11.3 Å². The Balaban J connectivity index is 1.84. The number of thiazole rings is 1. The van der Waals surface area contributed by atoms with Crippen LogP contribution >= 0.6 is 11.3 Å². The minimum atomic E-state index is -0.411. The fraction of sp³-hybridized carbons (Fsp3) is 0.286. The van der Waals surface area contributed by atoms with Crippen molar-refractivity contribution in [2.45, 2.75) is 33.2 Å². The van der Waals surface area contributed by atoms with Crippen LogP contribution in [0.5, 0.6) is 0 Å². The lowest BCUT2D eigenvalue weighted by atomic mass is 10.2. The standard InChI is InChI=1S/C21H22N2O4S/c1-3-26-20(25)19-15(2)22-21(28-19)23(14-16-8-5-4-6-9-16)18(24)12-11-17-10-7-13-27-17/h4-10,13H,3,11-12,14H2,1-2H3. The van der Waals surface area contributed by atoms with Crippen molar-refractivity contribution in [3.05, 3.63) is 70.6 Å². The van der Waals surface area contributed by atoms with Crippen molar-refractivity contribution >= 4 is 28.3 Å². The summed E-state index contributed by atoms with van der Waals surface area (Å²) in [5.74, 6) is 0.270. The van der Waals surface area contributed by atoms with Crippen LogP contribution in [-0.2, 0) is 22.5 Å². The lowest BCUT2D eigenvalue weighted by molar-refractivity contribution is -0.118. The molecule has 0 fully saturated rings. The Labute approximate surface area is 167 Å². The van der Waals surface area contributed by atoms with Crippen molar-refractivity contribution < 1.29 is 18.7 Å². The van der Waals surface area contributed by atoms with Crippen molar-refractivity contribution in [2.75, 3.05) is 11.5 Å². The number of carbonyl (C=O) groups is 2. The molecule has 28 heavy (non-hydrogen) atoms. The second-order valence-electron chi connectivity index (χ2n) is 6.18. The summed E-state index contributed by atoms with van der Waals surface area (Å²) in [5, 5.41) is 0.494. The first-order valence-electron chi connectivity index (χ1n) is 9.09. The van der Waals surface area contributed by atoms with Gasteiger partial charge in [-0.2, -0.15) is 0 Å². The summed E-state index contributed by atoms with van der Waals surface area (Å²) in [7, 11) is 0. The molecule has 2 heterocycles. The molecule has 1 aromatic carbocycles. The number of aromatic nitrogens is 1. The largest absolute Gasteiger partial charge is 0.469 e. The van der Waals surface area contributed by atoms with Crippen LogP contribution in [-0.4, -0.2) is 23.5 Å². The van der Waals surface area contributed by atoms with E-state index in [1.165, 1.54) is 11.3 Å². The maximum atomic E-state index is 13.0. The fourth-order valence-electron chi connectivity index (χ4n) is 2.73. The van der Waals surface area contributed by atoms with E-state index in [0.29, 0.717) is 35.3 Å². The highest BCUT2D eigenvalue weighted by molar-refractivity contribution is 7.17. The lowest BCUT2D eigenvalue weighted by Gasteiger charge is -2.20. The molecule has 0 saturated carbocycles. The summed E-state index contributed by atoms with van der Waals surface area (Å²) in [4.78, 5) is 31.7. The van der Waals surface area contributed by atoms with Crippen molar-refractivity contribution in [2.24, 2.45) is 0 Å². The van der Waals surface area contributed by atoms with Gasteiger partial charge in [0.15, 0.2) is 5.13 Å². The molecule has 0 aliphatic rings. The highest BCUT2D eigenvalue weighted by Gasteiger charge is 2.24. The van der Waals surface area contributed by atoms with Gasteiger partial charge >= 0.3 is 5.97 Å². The summed E-state index contributed by atoms with van der Waals surface area (Å²) < 4.78 is 10.4. The monoisotopic (exact) mass is 398 g/mol. The van der Waals surface area contributed by atoms with E-state index < -0.39 is 5.97 Å². The molecule has 2 aromatic heterocycles. The van der Waals surface area contributed by atoms with Crippen LogP contribution in [0.4, 0.5) is 5.13 Å². The number of esters is 1. The Morgan fingerprint density at radius 1 is 1.18 bits per heavy atom. The average Bonchev–Trinajstić information content (AvgIpc) is 3.35. The third-order valence-corrected chi connectivity index (χ3v) is 5.29. The van der Waals surface area contributed by atoms with Gasteiger partial charge in [0.05, 0.1) is 25.1 Å². The molecule has 3 aromatic rings. The zero-order valence-corrected chi connectivity index (χ0v) is 16.7. The molecule has 1 amide bonds.